The summed E-state index contributed by atoms with van der Waals surface area (Å²) in [5.41, 5.74) is -2.62. The molecule has 0 aliphatic carbocycles. The first-order valence-corrected chi connectivity index (χ1v) is 7.96. The van der Waals surface area contributed by atoms with Crippen LogP contribution in [-0.2, 0) is 14.3 Å². The fraction of sp³-hybridized carbons (Fsp3) is 0.867. The molecule has 1 aliphatic rings. The van der Waals surface area contributed by atoms with Crippen molar-refractivity contribution < 1.29 is 23.8 Å². The molecule has 2 N–H and O–H groups in total. The minimum absolute atomic E-state index is 0.311. The second-order valence-electron chi connectivity index (χ2n) is 5.79. The van der Waals surface area contributed by atoms with Crippen LogP contribution >= 0.6 is 0 Å². The lowest BCUT2D eigenvalue weighted by Crippen LogP contribution is -2.67. The van der Waals surface area contributed by atoms with E-state index in [4.69, 9.17) is 9.84 Å². The molecule has 0 radical (unpaired) electrons. The molecule has 0 aromatic heterocycles. The van der Waals surface area contributed by atoms with Crippen LogP contribution in [0, 0.1) is 0 Å². The molecule has 0 aromatic rings. The molecule has 1 rings (SSSR count). The molecular formula is C15H27FN2O4. The predicted molar refractivity (Wildman–Crippen MR) is 80.0 cm³/mol. The molecular weight excluding hydrogens is 291 g/mol. The average molecular weight is 318 g/mol. The molecule has 22 heavy (non-hydrogen) atoms. The minimum Gasteiger partial charge on any atom is -0.479 e. The van der Waals surface area contributed by atoms with Crippen LogP contribution in [0.5, 0.6) is 0 Å². The largest absolute Gasteiger partial charge is 0.479 e. The average Bonchev–Trinajstić information content (AvgIpc) is 2.45. The summed E-state index contributed by atoms with van der Waals surface area (Å²) < 4.78 is 19.6. The van der Waals surface area contributed by atoms with Crippen LogP contribution in [0.3, 0.4) is 0 Å². The Morgan fingerprint density at radius 1 is 1.32 bits per heavy atom. The highest BCUT2D eigenvalue weighted by molar-refractivity contribution is 5.79. The summed E-state index contributed by atoms with van der Waals surface area (Å²) in [5, 5.41) is 11.9. The Balaban J connectivity index is 2.58. The monoisotopic (exact) mass is 318 g/mol. The van der Waals surface area contributed by atoms with Gasteiger partial charge in [-0.05, 0) is 6.42 Å². The molecule has 2 atom stereocenters. The summed E-state index contributed by atoms with van der Waals surface area (Å²) in [5.74, 6) is -2.29. The normalized spacial score (nSPS) is 25.9. The number of carbonyl (C=O) groups excluding carboxylic acids is 1. The Labute approximate surface area is 131 Å². The first-order valence-electron chi connectivity index (χ1n) is 7.96. The molecule has 0 amide bonds. The first-order chi connectivity index (χ1) is 10.4. The van der Waals surface area contributed by atoms with E-state index in [-0.39, 0.29) is 6.54 Å². The van der Waals surface area contributed by atoms with E-state index in [9.17, 15) is 14.0 Å². The Kier molecular flexibility index (Phi) is 7.75. The van der Waals surface area contributed by atoms with Crippen molar-refractivity contribution >= 4 is 11.9 Å². The van der Waals surface area contributed by atoms with Gasteiger partial charge in [-0.15, -0.1) is 0 Å². The number of rotatable bonds is 9. The lowest BCUT2D eigenvalue weighted by molar-refractivity contribution is -0.198. The van der Waals surface area contributed by atoms with Crippen molar-refractivity contribution in [2.24, 2.45) is 0 Å². The predicted octanol–water partition coefficient (Wildman–Crippen LogP) is 1.89. The molecule has 2 unspecified atom stereocenters. The van der Waals surface area contributed by atoms with Crippen LogP contribution in [0.1, 0.15) is 52.4 Å². The van der Waals surface area contributed by atoms with Crippen LogP contribution in [0.2, 0.25) is 0 Å². The maximum atomic E-state index is 14.7. The SMILES string of the molecule is CCCCCCCCN1CNCC(F)(C(=O)O)C1OC(C)=O. The van der Waals surface area contributed by atoms with Crippen molar-refractivity contribution in [2.45, 2.75) is 64.3 Å². The zero-order valence-electron chi connectivity index (χ0n) is 13.4. The van der Waals surface area contributed by atoms with Gasteiger partial charge in [-0.2, -0.15) is 0 Å². The van der Waals surface area contributed by atoms with E-state index in [1.807, 2.05) is 0 Å². The number of carboxylic acids is 1. The van der Waals surface area contributed by atoms with E-state index in [2.05, 4.69) is 12.2 Å². The quantitative estimate of drug-likeness (QED) is 0.499. The van der Waals surface area contributed by atoms with Gasteiger partial charge >= 0.3 is 11.9 Å². The number of unbranched alkanes of at least 4 members (excludes halogenated alkanes) is 5. The van der Waals surface area contributed by atoms with E-state index >= 15 is 0 Å². The Bertz CT molecular complexity index is 381. The highest BCUT2D eigenvalue weighted by Gasteiger charge is 2.54. The second-order valence-corrected chi connectivity index (χ2v) is 5.79. The van der Waals surface area contributed by atoms with Crippen molar-refractivity contribution in [3.8, 4) is 0 Å². The minimum atomic E-state index is -2.62. The van der Waals surface area contributed by atoms with Crippen molar-refractivity contribution in [3.63, 3.8) is 0 Å². The Morgan fingerprint density at radius 2 is 1.95 bits per heavy atom. The van der Waals surface area contributed by atoms with Gasteiger partial charge in [0.1, 0.15) is 0 Å². The Hall–Kier alpha value is -1.21. The zero-order chi connectivity index (χ0) is 16.6. The van der Waals surface area contributed by atoms with Crippen molar-refractivity contribution in [1.29, 1.82) is 0 Å². The molecule has 1 aliphatic heterocycles. The van der Waals surface area contributed by atoms with Gasteiger partial charge in [0, 0.05) is 20.0 Å². The summed E-state index contributed by atoms with van der Waals surface area (Å²) in [7, 11) is 0. The maximum absolute atomic E-state index is 14.7. The molecule has 1 heterocycles. The number of esters is 1. The van der Waals surface area contributed by atoms with E-state index < -0.39 is 23.8 Å². The van der Waals surface area contributed by atoms with Crippen LogP contribution in [0.15, 0.2) is 0 Å². The van der Waals surface area contributed by atoms with Gasteiger partial charge in [-0.25, -0.2) is 9.18 Å². The summed E-state index contributed by atoms with van der Waals surface area (Å²) in [6, 6.07) is 0. The van der Waals surface area contributed by atoms with Crippen LogP contribution in [0.25, 0.3) is 0 Å². The number of ether oxygens (including phenoxy) is 1. The van der Waals surface area contributed by atoms with Gasteiger partial charge in [0.25, 0.3) is 5.67 Å². The summed E-state index contributed by atoms with van der Waals surface area (Å²) in [4.78, 5) is 24.0. The number of hydrogen-bond donors (Lipinski definition) is 2. The number of halogens is 1. The van der Waals surface area contributed by atoms with Crippen molar-refractivity contribution in [3.05, 3.63) is 0 Å². The highest BCUT2D eigenvalue weighted by Crippen LogP contribution is 2.26. The fourth-order valence-corrected chi connectivity index (χ4v) is 2.64. The van der Waals surface area contributed by atoms with Gasteiger partial charge in [-0.1, -0.05) is 39.0 Å². The van der Waals surface area contributed by atoms with Crippen LogP contribution < -0.4 is 5.32 Å². The maximum Gasteiger partial charge on any atom is 0.348 e. The standard InChI is InChI=1S/C15H27FN2O4/c1-3-4-5-6-7-8-9-18-11-17-10-15(16,14(20)21)13(18)22-12(2)19/h13,17H,3-11H2,1-2H3,(H,20,21). The third-order valence-corrected chi connectivity index (χ3v) is 3.85. The third kappa shape index (κ3) is 5.21. The van der Waals surface area contributed by atoms with Gasteiger partial charge in [-0.3, -0.25) is 9.69 Å². The topological polar surface area (TPSA) is 78.9 Å². The summed E-state index contributed by atoms with van der Waals surface area (Å²) in [6.45, 7) is 3.75. The van der Waals surface area contributed by atoms with Crippen molar-refractivity contribution in [1.82, 2.24) is 10.2 Å². The number of carboxylic acid groups (broad SMARTS) is 1. The lowest BCUT2D eigenvalue weighted by atomic mass is 10.0. The van der Waals surface area contributed by atoms with Crippen LogP contribution in [0.4, 0.5) is 4.39 Å². The molecule has 0 saturated carbocycles. The first kappa shape index (κ1) is 18.8. The Morgan fingerprint density at radius 3 is 2.55 bits per heavy atom. The molecule has 1 saturated heterocycles. The molecule has 0 aromatic carbocycles. The van der Waals surface area contributed by atoms with Crippen LogP contribution in [-0.4, -0.2) is 53.6 Å². The van der Waals surface area contributed by atoms with Gasteiger partial charge < -0.3 is 15.2 Å². The van der Waals surface area contributed by atoms with Gasteiger partial charge in [0.2, 0.25) is 6.23 Å². The highest BCUT2D eigenvalue weighted by atomic mass is 19.1. The van der Waals surface area contributed by atoms with Crippen molar-refractivity contribution in [2.75, 3.05) is 19.8 Å². The van der Waals surface area contributed by atoms with Gasteiger partial charge in [0.05, 0.1) is 6.67 Å². The van der Waals surface area contributed by atoms with E-state index in [0.717, 1.165) is 26.2 Å². The van der Waals surface area contributed by atoms with E-state index in [1.165, 1.54) is 19.3 Å². The van der Waals surface area contributed by atoms with Gasteiger partial charge in [0.15, 0.2) is 0 Å². The van der Waals surface area contributed by atoms with E-state index in [0.29, 0.717) is 13.2 Å². The van der Waals surface area contributed by atoms with E-state index in [1.54, 1.807) is 4.90 Å². The fourth-order valence-electron chi connectivity index (χ4n) is 2.64. The smallest absolute Gasteiger partial charge is 0.348 e. The molecule has 128 valence electrons. The number of nitrogens with zero attached hydrogens (tertiary/aromatic N) is 1. The second kappa shape index (κ2) is 9.05. The number of nitrogens with one attached hydrogen (secondary N) is 1. The third-order valence-electron chi connectivity index (χ3n) is 3.85. The molecule has 0 spiro atoms. The number of hydrogen-bond acceptors (Lipinski definition) is 5. The lowest BCUT2D eigenvalue weighted by Gasteiger charge is -2.42. The molecule has 0 bridgehead atoms. The zero-order valence-corrected chi connectivity index (χ0v) is 13.4. The molecule has 6 nitrogen and oxygen atoms in total. The molecule has 1 fully saturated rings. The number of carbonyl (C=O) groups is 2. The summed E-state index contributed by atoms with van der Waals surface area (Å²) >= 11 is 0. The number of aliphatic carboxylic acids is 1. The molecule has 7 heteroatoms. The number of alkyl halides is 1. The summed E-state index contributed by atoms with van der Waals surface area (Å²) in [6.07, 6.45) is 5.09.